The highest BCUT2D eigenvalue weighted by atomic mass is 16.5. The van der Waals surface area contributed by atoms with E-state index < -0.39 is 0 Å². The molecule has 5 nitrogen and oxygen atoms in total. The van der Waals surface area contributed by atoms with Crippen LogP contribution in [0.15, 0.2) is 146 Å². The van der Waals surface area contributed by atoms with E-state index in [4.69, 9.17) is 14.6 Å². The maximum atomic E-state index is 10.1. The van der Waals surface area contributed by atoms with Gasteiger partial charge in [0.15, 0.2) is 0 Å². The maximum Gasteiger partial charge on any atom is 0.120 e. The fourth-order valence-corrected chi connectivity index (χ4v) is 5.80. The van der Waals surface area contributed by atoms with Gasteiger partial charge in [0.1, 0.15) is 28.5 Å². The number of hydrogen-bond donors (Lipinski definition) is 2. The first-order valence-electron chi connectivity index (χ1n) is 19.5. The smallest absolute Gasteiger partial charge is 0.120 e. The van der Waals surface area contributed by atoms with Gasteiger partial charge in [-0.25, -0.2) is 0 Å². The molecule has 6 aromatic carbocycles. The van der Waals surface area contributed by atoms with E-state index in [1.807, 2.05) is 31.2 Å². The molecule has 1 unspecified atom stereocenters. The standard InChI is InChI=1S/C46H47NO3.C4H10O/c1-7-45(3,4)49-43-16-10-13-37(31-43)34-20-26-40(27-21-34)47(39-24-18-33(19-25-39)36-12-9-15-42(48)30-36)41-28-22-35(23-29-41)38-14-11-17-44(32-38)50-46(5,6)8-2;1-3-4(2)5/h9-32,48H,7-8H2,1-6H3;4-5H,3H2,1-2H3. The number of phenolic OH excluding ortho intramolecular Hbond substituents is 1. The van der Waals surface area contributed by atoms with Gasteiger partial charge in [0.25, 0.3) is 0 Å². The molecule has 1 atom stereocenters. The summed E-state index contributed by atoms with van der Waals surface area (Å²) in [5.41, 5.74) is 9.15. The highest BCUT2D eigenvalue weighted by Crippen LogP contribution is 2.39. The number of rotatable bonds is 13. The molecule has 0 aliphatic rings. The number of nitrogens with zero attached hydrogens (tertiary/aromatic N) is 1. The SMILES string of the molecule is CCC(C)(C)Oc1cccc(-c2ccc(N(c3ccc(-c4cccc(O)c4)cc3)c3ccc(-c4cccc(OC(C)(C)CC)c4)cc3)cc2)c1.CCC(C)O. The Morgan fingerprint density at radius 2 is 0.818 bits per heavy atom. The van der Waals surface area contributed by atoms with Crippen LogP contribution in [0.5, 0.6) is 17.2 Å². The first-order chi connectivity index (χ1) is 26.3. The third kappa shape index (κ3) is 11.3. The number of hydrogen-bond acceptors (Lipinski definition) is 5. The molecule has 0 spiro atoms. The second-order valence-electron chi connectivity index (χ2n) is 15.3. The molecule has 0 heterocycles. The van der Waals surface area contributed by atoms with Crippen LogP contribution >= 0.6 is 0 Å². The minimum absolute atomic E-state index is 0.116. The predicted molar refractivity (Wildman–Crippen MR) is 231 cm³/mol. The second-order valence-corrected chi connectivity index (χ2v) is 15.3. The molecule has 2 N–H and O–H groups in total. The molecular formula is C50H57NO4. The van der Waals surface area contributed by atoms with Crippen LogP contribution in [0.1, 0.15) is 74.7 Å². The molecule has 6 rings (SSSR count). The van der Waals surface area contributed by atoms with E-state index in [-0.39, 0.29) is 23.1 Å². The first-order valence-corrected chi connectivity index (χ1v) is 19.5. The minimum atomic E-state index is -0.225. The van der Waals surface area contributed by atoms with Gasteiger partial charge in [-0.3, -0.25) is 0 Å². The molecule has 6 aromatic rings. The van der Waals surface area contributed by atoms with Crippen LogP contribution in [0.3, 0.4) is 0 Å². The van der Waals surface area contributed by atoms with Crippen LogP contribution in [0.25, 0.3) is 33.4 Å². The van der Waals surface area contributed by atoms with E-state index in [1.165, 1.54) is 0 Å². The molecule has 0 aromatic heterocycles. The summed E-state index contributed by atoms with van der Waals surface area (Å²) in [4.78, 5) is 2.27. The topological polar surface area (TPSA) is 62.2 Å². The van der Waals surface area contributed by atoms with E-state index in [0.717, 1.165) is 81.2 Å². The molecule has 0 radical (unpaired) electrons. The number of aliphatic hydroxyl groups excluding tert-OH is 1. The molecule has 0 saturated carbocycles. The molecule has 0 amide bonds. The summed E-state index contributed by atoms with van der Waals surface area (Å²) < 4.78 is 12.6. The summed E-state index contributed by atoms with van der Waals surface area (Å²) in [5.74, 6) is 2.00. The molecule has 0 aliphatic carbocycles. The van der Waals surface area contributed by atoms with Gasteiger partial charge in [0, 0.05) is 17.1 Å². The number of anilines is 3. The van der Waals surface area contributed by atoms with Crippen LogP contribution < -0.4 is 14.4 Å². The van der Waals surface area contributed by atoms with Gasteiger partial charge in [-0.1, -0.05) is 93.6 Å². The normalized spacial score (nSPS) is 11.9. The Hall–Kier alpha value is -5.52. The van der Waals surface area contributed by atoms with Crippen molar-refractivity contribution in [1.29, 1.82) is 0 Å². The van der Waals surface area contributed by atoms with Gasteiger partial charge in [-0.2, -0.15) is 0 Å². The van der Waals surface area contributed by atoms with Gasteiger partial charge in [0.2, 0.25) is 0 Å². The number of phenols is 1. The quantitative estimate of drug-likeness (QED) is 0.124. The Labute approximate surface area is 328 Å². The van der Waals surface area contributed by atoms with Crippen molar-refractivity contribution in [2.45, 2.75) is 92.0 Å². The van der Waals surface area contributed by atoms with Crippen molar-refractivity contribution in [2.75, 3.05) is 4.90 Å². The summed E-state index contributed by atoms with van der Waals surface area (Å²) in [6.07, 6.45) is 2.60. The van der Waals surface area contributed by atoms with Crippen LogP contribution in [-0.2, 0) is 0 Å². The Bertz CT molecular complexity index is 1990. The lowest BCUT2D eigenvalue weighted by Crippen LogP contribution is -2.26. The van der Waals surface area contributed by atoms with Gasteiger partial charge in [-0.15, -0.1) is 0 Å². The monoisotopic (exact) mass is 735 g/mol. The second kappa shape index (κ2) is 18.2. The lowest BCUT2D eigenvalue weighted by Gasteiger charge is -2.26. The van der Waals surface area contributed by atoms with Gasteiger partial charge >= 0.3 is 0 Å². The van der Waals surface area contributed by atoms with Crippen molar-refractivity contribution in [3.05, 3.63) is 146 Å². The zero-order valence-corrected chi connectivity index (χ0v) is 33.7. The zero-order chi connectivity index (χ0) is 39.6. The van der Waals surface area contributed by atoms with E-state index in [0.29, 0.717) is 0 Å². The largest absolute Gasteiger partial charge is 0.508 e. The van der Waals surface area contributed by atoms with Crippen LogP contribution in [0, 0.1) is 0 Å². The Morgan fingerprint density at radius 1 is 0.491 bits per heavy atom. The molecule has 286 valence electrons. The van der Waals surface area contributed by atoms with Crippen LogP contribution in [0.4, 0.5) is 17.1 Å². The fourth-order valence-electron chi connectivity index (χ4n) is 5.80. The summed E-state index contributed by atoms with van der Waals surface area (Å²) in [6, 6.07) is 49.9. The lowest BCUT2D eigenvalue weighted by atomic mass is 10.0. The van der Waals surface area contributed by atoms with Crippen molar-refractivity contribution < 1.29 is 19.7 Å². The molecule has 0 bridgehead atoms. The maximum absolute atomic E-state index is 10.1. The number of benzene rings is 6. The summed E-state index contributed by atoms with van der Waals surface area (Å²) >= 11 is 0. The van der Waals surface area contributed by atoms with Crippen molar-refractivity contribution >= 4 is 17.1 Å². The van der Waals surface area contributed by atoms with Crippen LogP contribution in [-0.4, -0.2) is 27.5 Å². The Balaban J connectivity index is 0.00000109. The number of aromatic hydroxyl groups is 1. The molecule has 0 saturated heterocycles. The van der Waals surface area contributed by atoms with E-state index >= 15 is 0 Å². The van der Waals surface area contributed by atoms with E-state index in [2.05, 4.69) is 156 Å². The highest BCUT2D eigenvalue weighted by molar-refractivity contribution is 5.81. The lowest BCUT2D eigenvalue weighted by molar-refractivity contribution is 0.105. The molecule has 0 aliphatic heterocycles. The third-order valence-corrected chi connectivity index (χ3v) is 9.97. The Kier molecular flexibility index (Phi) is 13.5. The van der Waals surface area contributed by atoms with E-state index in [9.17, 15) is 5.11 Å². The summed E-state index contributed by atoms with van der Waals surface area (Å²) in [6.45, 7) is 16.5. The summed E-state index contributed by atoms with van der Waals surface area (Å²) in [5, 5.41) is 18.4. The van der Waals surface area contributed by atoms with Gasteiger partial charge < -0.3 is 24.6 Å². The van der Waals surface area contributed by atoms with Gasteiger partial charge in [0.05, 0.1) is 6.10 Å². The summed E-state index contributed by atoms with van der Waals surface area (Å²) in [7, 11) is 0. The number of aliphatic hydroxyl groups is 1. The molecule has 5 heteroatoms. The van der Waals surface area contributed by atoms with E-state index in [1.54, 1.807) is 19.1 Å². The van der Waals surface area contributed by atoms with Crippen molar-refractivity contribution in [2.24, 2.45) is 0 Å². The number of ether oxygens (including phenoxy) is 2. The molecule has 55 heavy (non-hydrogen) atoms. The van der Waals surface area contributed by atoms with Crippen molar-refractivity contribution in [3.63, 3.8) is 0 Å². The minimum Gasteiger partial charge on any atom is -0.508 e. The van der Waals surface area contributed by atoms with Crippen LogP contribution in [0.2, 0.25) is 0 Å². The Morgan fingerprint density at radius 3 is 1.13 bits per heavy atom. The first kappa shape index (κ1) is 40.7. The zero-order valence-electron chi connectivity index (χ0n) is 33.7. The average Bonchev–Trinajstić information content (AvgIpc) is 3.19. The average molecular weight is 736 g/mol. The highest BCUT2D eigenvalue weighted by Gasteiger charge is 2.19. The van der Waals surface area contributed by atoms with Gasteiger partial charge in [-0.05, 0) is 160 Å². The molecule has 0 fully saturated rings. The van der Waals surface area contributed by atoms with Crippen molar-refractivity contribution in [3.8, 4) is 50.6 Å². The van der Waals surface area contributed by atoms with Crippen molar-refractivity contribution in [1.82, 2.24) is 0 Å². The predicted octanol–water partition coefficient (Wildman–Crippen LogP) is 13.8. The third-order valence-electron chi connectivity index (χ3n) is 9.97. The fraction of sp³-hybridized carbons (Fsp3) is 0.280. The molecular weight excluding hydrogens is 679 g/mol.